The zero-order chi connectivity index (χ0) is 10.1. The molecule has 1 aromatic heterocycles. The summed E-state index contributed by atoms with van der Waals surface area (Å²) in [5, 5.41) is 4.15. The van der Waals surface area contributed by atoms with E-state index in [-0.39, 0.29) is 0 Å². The van der Waals surface area contributed by atoms with Crippen molar-refractivity contribution in [1.29, 1.82) is 0 Å². The molecule has 0 unspecified atom stereocenters. The third-order valence-corrected chi connectivity index (χ3v) is 4.61. The second-order valence-electron chi connectivity index (χ2n) is 2.85. The van der Waals surface area contributed by atoms with E-state index >= 15 is 0 Å². The van der Waals surface area contributed by atoms with E-state index in [2.05, 4.69) is 11.4 Å². The summed E-state index contributed by atoms with van der Waals surface area (Å²) in [5.41, 5.74) is 1.18. The Morgan fingerprint density at radius 3 is 2.86 bits per heavy atom. The SMILES string of the molecule is CSc1c(Cl)ccc2scc(CCl)c12. The van der Waals surface area contributed by atoms with E-state index in [1.165, 1.54) is 15.6 Å². The Bertz CT molecular complexity index is 462. The van der Waals surface area contributed by atoms with Crippen molar-refractivity contribution in [2.24, 2.45) is 0 Å². The van der Waals surface area contributed by atoms with Gasteiger partial charge in [0.1, 0.15) is 0 Å². The Labute approximate surface area is 101 Å². The Morgan fingerprint density at radius 1 is 1.43 bits per heavy atom. The third-order valence-electron chi connectivity index (χ3n) is 2.07. The van der Waals surface area contributed by atoms with Gasteiger partial charge in [-0.3, -0.25) is 0 Å². The molecular formula is C10H8Cl2S2. The van der Waals surface area contributed by atoms with Crippen LogP contribution in [0.4, 0.5) is 0 Å². The molecule has 2 rings (SSSR count). The predicted octanol–water partition coefficient (Wildman–Crippen LogP) is 5.02. The molecule has 1 aromatic carbocycles. The van der Waals surface area contributed by atoms with Crippen molar-refractivity contribution < 1.29 is 0 Å². The number of alkyl halides is 1. The first-order valence-electron chi connectivity index (χ1n) is 4.06. The van der Waals surface area contributed by atoms with Gasteiger partial charge in [-0.2, -0.15) is 0 Å². The van der Waals surface area contributed by atoms with Crippen LogP contribution in [0.1, 0.15) is 5.56 Å². The highest BCUT2D eigenvalue weighted by Crippen LogP contribution is 2.38. The number of halogens is 2. The second-order valence-corrected chi connectivity index (χ2v) is 5.25. The van der Waals surface area contributed by atoms with Crippen LogP contribution in [0.2, 0.25) is 5.02 Å². The number of thiophene rings is 1. The highest BCUT2D eigenvalue weighted by atomic mass is 35.5. The van der Waals surface area contributed by atoms with Crippen LogP contribution in [0.25, 0.3) is 10.1 Å². The lowest BCUT2D eigenvalue weighted by molar-refractivity contribution is 1.45. The molecule has 0 fully saturated rings. The summed E-state index contributed by atoms with van der Waals surface area (Å²) in [5.74, 6) is 0.550. The monoisotopic (exact) mass is 262 g/mol. The van der Waals surface area contributed by atoms with Crippen molar-refractivity contribution in [3.05, 3.63) is 28.1 Å². The van der Waals surface area contributed by atoms with Gasteiger partial charge >= 0.3 is 0 Å². The van der Waals surface area contributed by atoms with E-state index in [9.17, 15) is 0 Å². The van der Waals surface area contributed by atoms with Gasteiger partial charge in [0.15, 0.2) is 0 Å². The fourth-order valence-electron chi connectivity index (χ4n) is 1.43. The molecule has 0 saturated carbocycles. The van der Waals surface area contributed by atoms with Gasteiger partial charge in [0.2, 0.25) is 0 Å². The molecule has 0 aliphatic rings. The lowest BCUT2D eigenvalue weighted by atomic mass is 10.2. The molecule has 0 amide bonds. The van der Waals surface area contributed by atoms with Crippen molar-refractivity contribution in [2.75, 3.05) is 6.26 Å². The topological polar surface area (TPSA) is 0 Å². The lowest BCUT2D eigenvalue weighted by Crippen LogP contribution is -1.79. The van der Waals surface area contributed by atoms with E-state index in [1.54, 1.807) is 23.1 Å². The van der Waals surface area contributed by atoms with Crippen LogP contribution < -0.4 is 0 Å². The maximum atomic E-state index is 6.13. The lowest BCUT2D eigenvalue weighted by Gasteiger charge is -2.03. The quantitative estimate of drug-likeness (QED) is 0.541. The molecule has 0 N–H and O–H groups in total. The molecule has 0 saturated heterocycles. The maximum Gasteiger partial charge on any atom is 0.0548 e. The van der Waals surface area contributed by atoms with Crippen molar-refractivity contribution >= 4 is 56.4 Å². The van der Waals surface area contributed by atoms with Gasteiger partial charge in [0.25, 0.3) is 0 Å². The summed E-state index contributed by atoms with van der Waals surface area (Å²) in [6.07, 6.45) is 2.04. The molecule has 0 bridgehead atoms. The first-order chi connectivity index (χ1) is 6.77. The Kier molecular flexibility index (Phi) is 3.27. The fourth-order valence-corrected chi connectivity index (χ4v) is 3.86. The second kappa shape index (κ2) is 4.31. The third kappa shape index (κ3) is 1.65. The molecule has 1 heterocycles. The van der Waals surface area contributed by atoms with Crippen LogP contribution in [0.15, 0.2) is 22.4 Å². The van der Waals surface area contributed by atoms with E-state index in [0.717, 1.165) is 9.92 Å². The van der Waals surface area contributed by atoms with Gasteiger partial charge in [0.05, 0.1) is 5.02 Å². The summed E-state index contributed by atoms with van der Waals surface area (Å²) in [6.45, 7) is 0. The van der Waals surface area contributed by atoms with Crippen molar-refractivity contribution in [3.8, 4) is 0 Å². The van der Waals surface area contributed by atoms with Gasteiger partial charge in [-0.15, -0.1) is 34.7 Å². The van der Waals surface area contributed by atoms with Crippen LogP contribution in [0, 0.1) is 0 Å². The molecule has 0 aliphatic heterocycles. The highest BCUT2D eigenvalue weighted by molar-refractivity contribution is 7.99. The standard InChI is InChI=1S/C10H8Cl2S2/c1-13-10-7(12)2-3-8-9(10)6(4-11)5-14-8/h2-3,5H,4H2,1H3. The molecule has 0 aliphatic carbocycles. The van der Waals surface area contributed by atoms with Crippen LogP contribution in [0.3, 0.4) is 0 Å². The molecule has 0 atom stereocenters. The number of thioether (sulfide) groups is 1. The van der Waals surface area contributed by atoms with Crippen LogP contribution in [-0.2, 0) is 5.88 Å². The first-order valence-corrected chi connectivity index (χ1v) is 7.08. The van der Waals surface area contributed by atoms with E-state index < -0.39 is 0 Å². The summed E-state index contributed by atoms with van der Waals surface area (Å²) < 4.78 is 1.26. The van der Waals surface area contributed by atoms with Crippen LogP contribution in [-0.4, -0.2) is 6.26 Å². The zero-order valence-electron chi connectivity index (χ0n) is 7.51. The molecule has 0 radical (unpaired) electrons. The number of hydrogen-bond acceptors (Lipinski definition) is 2. The Morgan fingerprint density at radius 2 is 2.21 bits per heavy atom. The number of benzene rings is 1. The van der Waals surface area contributed by atoms with Gasteiger partial charge in [0, 0.05) is 20.9 Å². The molecule has 0 nitrogen and oxygen atoms in total. The van der Waals surface area contributed by atoms with Crippen molar-refractivity contribution in [3.63, 3.8) is 0 Å². The summed E-state index contributed by atoms with van der Waals surface area (Å²) >= 11 is 15.4. The molecule has 14 heavy (non-hydrogen) atoms. The summed E-state index contributed by atoms with van der Waals surface area (Å²) in [7, 11) is 0. The summed E-state index contributed by atoms with van der Waals surface area (Å²) in [6, 6.07) is 4.00. The van der Waals surface area contributed by atoms with Crippen LogP contribution >= 0.6 is 46.3 Å². The Balaban J connectivity index is 2.81. The molecule has 0 spiro atoms. The van der Waals surface area contributed by atoms with E-state index in [4.69, 9.17) is 23.2 Å². The van der Waals surface area contributed by atoms with E-state index in [0.29, 0.717) is 5.88 Å². The maximum absolute atomic E-state index is 6.13. The summed E-state index contributed by atoms with van der Waals surface area (Å²) in [4.78, 5) is 1.14. The first kappa shape index (κ1) is 10.6. The molecular weight excluding hydrogens is 255 g/mol. The minimum absolute atomic E-state index is 0.550. The van der Waals surface area contributed by atoms with Crippen molar-refractivity contribution in [1.82, 2.24) is 0 Å². The number of hydrogen-bond donors (Lipinski definition) is 0. The smallest absolute Gasteiger partial charge is 0.0548 e. The van der Waals surface area contributed by atoms with E-state index in [1.807, 2.05) is 12.3 Å². The normalized spacial score (nSPS) is 11.1. The number of fused-ring (bicyclic) bond motifs is 1. The molecule has 4 heteroatoms. The fraction of sp³-hybridized carbons (Fsp3) is 0.200. The van der Waals surface area contributed by atoms with Crippen LogP contribution in [0.5, 0.6) is 0 Å². The minimum Gasteiger partial charge on any atom is -0.143 e. The zero-order valence-corrected chi connectivity index (χ0v) is 10.7. The highest BCUT2D eigenvalue weighted by Gasteiger charge is 2.10. The van der Waals surface area contributed by atoms with Gasteiger partial charge in [-0.1, -0.05) is 11.6 Å². The molecule has 2 aromatic rings. The van der Waals surface area contributed by atoms with Gasteiger partial charge < -0.3 is 0 Å². The van der Waals surface area contributed by atoms with Gasteiger partial charge in [-0.05, 0) is 29.3 Å². The molecule has 74 valence electrons. The number of rotatable bonds is 2. The van der Waals surface area contributed by atoms with Crippen molar-refractivity contribution in [2.45, 2.75) is 10.8 Å². The Hall–Kier alpha value is 0.110. The minimum atomic E-state index is 0.550. The predicted molar refractivity (Wildman–Crippen MR) is 68.2 cm³/mol. The van der Waals surface area contributed by atoms with Gasteiger partial charge in [-0.25, -0.2) is 0 Å². The largest absolute Gasteiger partial charge is 0.143 e. The average Bonchev–Trinajstić information content (AvgIpc) is 2.61. The average molecular weight is 263 g/mol.